The number of rotatable bonds is 5. The van der Waals surface area contributed by atoms with Crippen molar-refractivity contribution in [3.63, 3.8) is 0 Å². The highest BCUT2D eigenvalue weighted by Gasteiger charge is 2.08. The van der Waals surface area contributed by atoms with Crippen molar-refractivity contribution in [1.82, 2.24) is 10.1 Å². The first-order valence-electron chi connectivity index (χ1n) is 4.81. The van der Waals surface area contributed by atoms with Crippen molar-refractivity contribution in [1.29, 1.82) is 0 Å². The van der Waals surface area contributed by atoms with Gasteiger partial charge in [0.25, 0.3) is 0 Å². The van der Waals surface area contributed by atoms with Crippen LogP contribution in [0.1, 0.15) is 32.5 Å². The van der Waals surface area contributed by atoms with Crippen molar-refractivity contribution in [2.45, 2.75) is 33.1 Å². The van der Waals surface area contributed by atoms with Gasteiger partial charge in [0, 0.05) is 20.0 Å². The van der Waals surface area contributed by atoms with E-state index in [0.29, 0.717) is 6.01 Å². The third kappa shape index (κ3) is 2.72. The molecule has 0 atom stereocenters. The van der Waals surface area contributed by atoms with Gasteiger partial charge in [-0.3, -0.25) is 0 Å². The minimum Gasteiger partial charge on any atom is -0.327 e. The van der Waals surface area contributed by atoms with E-state index in [2.05, 4.69) is 24.0 Å². The second-order valence-corrected chi connectivity index (χ2v) is 3.16. The number of nitrogens with zero attached hydrogens (tertiary/aromatic N) is 3. The van der Waals surface area contributed by atoms with Crippen molar-refractivity contribution in [2.24, 2.45) is 0 Å². The van der Waals surface area contributed by atoms with Crippen molar-refractivity contribution < 1.29 is 4.52 Å². The summed E-state index contributed by atoms with van der Waals surface area (Å²) in [4.78, 5) is 6.24. The molecule has 4 heteroatoms. The maximum atomic E-state index is 5.10. The number of aromatic nitrogens is 2. The Labute approximate surface area is 78.9 Å². The Kier molecular flexibility index (Phi) is 3.73. The Hall–Kier alpha value is -1.06. The maximum Gasteiger partial charge on any atom is 0.323 e. The summed E-state index contributed by atoms with van der Waals surface area (Å²) in [7, 11) is 1.97. The highest BCUT2D eigenvalue weighted by Crippen LogP contribution is 2.09. The summed E-state index contributed by atoms with van der Waals surface area (Å²) in [5.41, 5.74) is 0. The lowest BCUT2D eigenvalue weighted by atomic mass is 10.3. The molecule has 0 fully saturated rings. The number of hydrogen-bond acceptors (Lipinski definition) is 4. The van der Waals surface area contributed by atoms with Gasteiger partial charge in [0.2, 0.25) is 0 Å². The third-order valence-electron chi connectivity index (χ3n) is 1.82. The van der Waals surface area contributed by atoms with Gasteiger partial charge < -0.3 is 9.42 Å². The Morgan fingerprint density at radius 2 is 2.08 bits per heavy atom. The summed E-state index contributed by atoms with van der Waals surface area (Å²) in [6.45, 7) is 5.18. The molecule has 0 amide bonds. The zero-order chi connectivity index (χ0) is 9.68. The van der Waals surface area contributed by atoms with Crippen molar-refractivity contribution >= 4 is 6.01 Å². The maximum absolute atomic E-state index is 5.10. The molecule has 13 heavy (non-hydrogen) atoms. The van der Waals surface area contributed by atoms with E-state index < -0.39 is 0 Å². The molecule has 1 heterocycles. The van der Waals surface area contributed by atoms with E-state index in [-0.39, 0.29) is 0 Å². The lowest BCUT2D eigenvalue weighted by Crippen LogP contribution is -2.17. The SMILES string of the molecule is CCCc1noc(N(C)CCC)n1. The fourth-order valence-electron chi connectivity index (χ4n) is 1.16. The van der Waals surface area contributed by atoms with Crippen LogP contribution in [-0.2, 0) is 6.42 Å². The molecule has 0 saturated heterocycles. The van der Waals surface area contributed by atoms with Gasteiger partial charge >= 0.3 is 6.01 Å². The van der Waals surface area contributed by atoms with Crippen LogP contribution in [0.2, 0.25) is 0 Å². The predicted octanol–water partition coefficient (Wildman–Crippen LogP) is 1.87. The third-order valence-corrected chi connectivity index (χ3v) is 1.82. The van der Waals surface area contributed by atoms with Crippen LogP contribution in [0.5, 0.6) is 0 Å². The van der Waals surface area contributed by atoms with E-state index in [1.165, 1.54) is 0 Å². The minimum absolute atomic E-state index is 0.630. The second kappa shape index (κ2) is 4.84. The molecule has 1 aromatic rings. The van der Waals surface area contributed by atoms with E-state index in [1.54, 1.807) is 0 Å². The molecule has 1 rings (SSSR count). The van der Waals surface area contributed by atoms with Crippen LogP contribution < -0.4 is 4.90 Å². The lowest BCUT2D eigenvalue weighted by molar-refractivity contribution is 0.410. The largest absolute Gasteiger partial charge is 0.327 e. The van der Waals surface area contributed by atoms with Crippen LogP contribution in [-0.4, -0.2) is 23.7 Å². The lowest BCUT2D eigenvalue weighted by Gasteiger charge is -2.10. The van der Waals surface area contributed by atoms with Crippen LogP contribution in [0.25, 0.3) is 0 Å². The quantitative estimate of drug-likeness (QED) is 0.698. The van der Waals surface area contributed by atoms with E-state index in [0.717, 1.165) is 31.6 Å². The molecule has 0 N–H and O–H groups in total. The van der Waals surface area contributed by atoms with Gasteiger partial charge in [-0.2, -0.15) is 4.98 Å². The van der Waals surface area contributed by atoms with Crippen LogP contribution in [0, 0.1) is 0 Å². The van der Waals surface area contributed by atoms with E-state index in [1.807, 2.05) is 11.9 Å². The normalized spacial score (nSPS) is 10.4. The Morgan fingerprint density at radius 3 is 2.69 bits per heavy atom. The van der Waals surface area contributed by atoms with Gasteiger partial charge in [-0.1, -0.05) is 19.0 Å². The summed E-state index contributed by atoms with van der Waals surface area (Å²) in [6.07, 6.45) is 3.03. The monoisotopic (exact) mass is 183 g/mol. The molecule has 0 aliphatic rings. The summed E-state index contributed by atoms with van der Waals surface area (Å²) in [5.74, 6) is 0.806. The van der Waals surface area contributed by atoms with E-state index >= 15 is 0 Å². The molecular weight excluding hydrogens is 166 g/mol. The summed E-state index contributed by atoms with van der Waals surface area (Å²) in [5, 5.41) is 3.88. The Morgan fingerprint density at radius 1 is 1.31 bits per heavy atom. The topological polar surface area (TPSA) is 42.2 Å². The van der Waals surface area contributed by atoms with Crippen molar-refractivity contribution in [3.8, 4) is 0 Å². The molecule has 0 aromatic carbocycles. The molecule has 4 nitrogen and oxygen atoms in total. The molecule has 0 radical (unpaired) electrons. The average Bonchev–Trinajstić information content (AvgIpc) is 2.54. The zero-order valence-electron chi connectivity index (χ0n) is 8.58. The predicted molar refractivity (Wildman–Crippen MR) is 51.9 cm³/mol. The van der Waals surface area contributed by atoms with Gasteiger partial charge in [0.05, 0.1) is 0 Å². The van der Waals surface area contributed by atoms with Crippen molar-refractivity contribution in [3.05, 3.63) is 5.82 Å². The first-order valence-corrected chi connectivity index (χ1v) is 4.81. The standard InChI is InChI=1S/C9H17N3O/c1-4-6-8-10-9(13-11-8)12(3)7-5-2/h4-7H2,1-3H3. The Bertz CT molecular complexity index is 247. The zero-order valence-corrected chi connectivity index (χ0v) is 8.58. The Balaban J connectivity index is 2.56. The molecule has 0 aliphatic carbocycles. The summed E-state index contributed by atoms with van der Waals surface area (Å²) < 4.78 is 5.10. The first kappa shape index (κ1) is 10.0. The number of aryl methyl sites for hydroxylation is 1. The summed E-state index contributed by atoms with van der Waals surface area (Å²) in [6, 6.07) is 0.630. The first-order chi connectivity index (χ1) is 6.27. The highest BCUT2D eigenvalue weighted by atomic mass is 16.5. The smallest absolute Gasteiger partial charge is 0.323 e. The van der Waals surface area contributed by atoms with Gasteiger partial charge in [-0.05, 0) is 12.8 Å². The molecule has 0 spiro atoms. The second-order valence-electron chi connectivity index (χ2n) is 3.16. The van der Waals surface area contributed by atoms with Crippen molar-refractivity contribution in [2.75, 3.05) is 18.5 Å². The van der Waals surface area contributed by atoms with Crippen LogP contribution >= 0.6 is 0 Å². The molecule has 0 saturated carbocycles. The number of anilines is 1. The molecular formula is C9H17N3O. The molecule has 0 unspecified atom stereocenters. The average molecular weight is 183 g/mol. The minimum atomic E-state index is 0.630. The molecule has 0 bridgehead atoms. The van der Waals surface area contributed by atoms with Crippen LogP contribution in [0.4, 0.5) is 6.01 Å². The van der Waals surface area contributed by atoms with Gasteiger partial charge in [0.1, 0.15) is 0 Å². The molecule has 1 aromatic heterocycles. The van der Waals surface area contributed by atoms with Gasteiger partial charge in [0.15, 0.2) is 5.82 Å². The van der Waals surface area contributed by atoms with E-state index in [9.17, 15) is 0 Å². The highest BCUT2D eigenvalue weighted by molar-refractivity contribution is 5.22. The van der Waals surface area contributed by atoms with Gasteiger partial charge in [-0.25, -0.2) is 0 Å². The molecule has 0 aliphatic heterocycles. The fraction of sp³-hybridized carbons (Fsp3) is 0.778. The van der Waals surface area contributed by atoms with Crippen LogP contribution in [0.3, 0.4) is 0 Å². The fourth-order valence-corrected chi connectivity index (χ4v) is 1.16. The summed E-state index contributed by atoms with van der Waals surface area (Å²) >= 11 is 0. The van der Waals surface area contributed by atoms with Crippen LogP contribution in [0.15, 0.2) is 4.52 Å². The molecule has 74 valence electrons. The van der Waals surface area contributed by atoms with E-state index in [4.69, 9.17) is 4.52 Å². The van der Waals surface area contributed by atoms with Gasteiger partial charge in [-0.15, -0.1) is 0 Å². The number of hydrogen-bond donors (Lipinski definition) is 0.